The predicted molar refractivity (Wildman–Crippen MR) is 139 cm³/mol. The van der Waals surface area contributed by atoms with Crippen molar-refractivity contribution in [2.45, 2.75) is 107 Å². The molecule has 5 fully saturated rings. The number of fused-ring (bicyclic) bond motifs is 5. The highest BCUT2D eigenvalue weighted by Crippen LogP contribution is 2.47. The van der Waals surface area contributed by atoms with Crippen molar-refractivity contribution in [3.05, 3.63) is 34.6 Å². The van der Waals surface area contributed by atoms with Gasteiger partial charge in [-0.15, -0.1) is 0 Å². The van der Waals surface area contributed by atoms with E-state index in [2.05, 4.69) is 4.90 Å². The summed E-state index contributed by atoms with van der Waals surface area (Å²) >= 11 is 0. The monoisotopic (exact) mass is 490 g/mol. The van der Waals surface area contributed by atoms with Crippen molar-refractivity contribution in [2.75, 3.05) is 11.4 Å². The van der Waals surface area contributed by atoms with E-state index in [9.17, 15) is 14.7 Å². The van der Waals surface area contributed by atoms with Crippen LogP contribution in [0, 0.1) is 11.8 Å². The molecule has 1 aromatic heterocycles. The molecule has 7 heteroatoms. The minimum Gasteiger partial charge on any atom is -0.480 e. The number of piperidine rings is 2. The molecule has 7 atom stereocenters. The molecule has 5 aliphatic rings. The Kier molecular flexibility index (Phi) is 5.60. The molecule has 3 saturated heterocycles. The molecule has 2 aliphatic carbocycles. The normalized spacial score (nSPS) is 36.4. The molecule has 0 spiro atoms. The second-order valence-electron chi connectivity index (χ2n) is 12.3. The summed E-state index contributed by atoms with van der Waals surface area (Å²) in [6.07, 6.45) is 14.8. The Labute approximate surface area is 212 Å². The van der Waals surface area contributed by atoms with E-state index in [1.807, 2.05) is 28.8 Å². The van der Waals surface area contributed by atoms with Gasteiger partial charge in [-0.25, -0.2) is 9.78 Å². The topological polar surface area (TPSA) is 78.7 Å². The molecule has 1 aromatic carbocycles. The number of anilines is 1. The highest BCUT2D eigenvalue weighted by molar-refractivity contribution is 5.81. The molecule has 1 N–H and O–H groups in total. The van der Waals surface area contributed by atoms with Gasteiger partial charge in [-0.3, -0.25) is 9.69 Å². The van der Waals surface area contributed by atoms with Crippen molar-refractivity contribution >= 4 is 22.8 Å². The zero-order valence-corrected chi connectivity index (χ0v) is 21.1. The number of aliphatic carboxylic acids is 1. The summed E-state index contributed by atoms with van der Waals surface area (Å²) in [6.45, 7) is 0.575. The first-order valence-electron chi connectivity index (χ1n) is 14.3. The third-order valence-corrected chi connectivity index (χ3v) is 10.2. The number of nitrogens with zero attached hydrogens (tertiary/aromatic N) is 4. The van der Waals surface area contributed by atoms with Gasteiger partial charge >= 0.3 is 5.97 Å². The van der Waals surface area contributed by atoms with Crippen LogP contribution in [0.5, 0.6) is 0 Å². The Balaban J connectivity index is 1.23. The molecule has 192 valence electrons. The Bertz CT molecular complexity index is 1200. The highest BCUT2D eigenvalue weighted by Gasteiger charge is 2.46. The lowest BCUT2D eigenvalue weighted by Crippen LogP contribution is -2.59. The number of rotatable bonds is 4. The quantitative estimate of drug-likeness (QED) is 0.676. The molecular weight excluding hydrogens is 452 g/mol. The van der Waals surface area contributed by atoms with E-state index < -0.39 is 12.0 Å². The van der Waals surface area contributed by atoms with Gasteiger partial charge in [0.25, 0.3) is 5.56 Å². The lowest BCUT2D eigenvalue weighted by atomic mass is 9.68. The van der Waals surface area contributed by atoms with Crippen LogP contribution < -0.4 is 10.5 Å². The molecule has 2 unspecified atom stereocenters. The smallest absolute Gasteiger partial charge is 0.326 e. The largest absolute Gasteiger partial charge is 0.480 e. The first-order valence-corrected chi connectivity index (χ1v) is 14.3. The van der Waals surface area contributed by atoms with E-state index in [1.165, 1.54) is 57.8 Å². The summed E-state index contributed by atoms with van der Waals surface area (Å²) in [6, 6.07) is 9.23. The van der Waals surface area contributed by atoms with E-state index in [0.717, 1.165) is 41.8 Å². The van der Waals surface area contributed by atoms with E-state index in [4.69, 9.17) is 4.98 Å². The van der Waals surface area contributed by atoms with Crippen molar-refractivity contribution in [3.8, 4) is 0 Å². The fourth-order valence-corrected chi connectivity index (χ4v) is 8.72. The van der Waals surface area contributed by atoms with Crippen molar-refractivity contribution in [1.82, 2.24) is 14.5 Å². The van der Waals surface area contributed by atoms with Crippen LogP contribution in [0.25, 0.3) is 11.0 Å². The lowest BCUT2D eigenvalue weighted by molar-refractivity contribution is -0.140. The summed E-state index contributed by atoms with van der Waals surface area (Å²) < 4.78 is 2.01. The molecule has 3 aliphatic heterocycles. The SMILES string of the molecule is O=C(O)[C@H]1CCN1c1nc2ccccc2n(C2C[C@H]3CCC[C@@H](C2)N3C2C[C@H]3CCC[C@@H](C2)C3)c1=O. The number of para-hydroxylation sites is 2. The van der Waals surface area contributed by atoms with E-state index in [1.54, 1.807) is 4.90 Å². The zero-order valence-electron chi connectivity index (χ0n) is 21.1. The maximum Gasteiger partial charge on any atom is 0.326 e. The van der Waals surface area contributed by atoms with Crippen LogP contribution in [-0.4, -0.2) is 56.2 Å². The van der Waals surface area contributed by atoms with Crippen molar-refractivity contribution < 1.29 is 9.90 Å². The molecule has 4 bridgehead atoms. The Morgan fingerprint density at radius 3 is 2.19 bits per heavy atom. The van der Waals surface area contributed by atoms with Crippen LogP contribution in [0.4, 0.5) is 5.82 Å². The van der Waals surface area contributed by atoms with Gasteiger partial charge in [-0.1, -0.05) is 37.8 Å². The van der Waals surface area contributed by atoms with Gasteiger partial charge in [0.05, 0.1) is 11.0 Å². The Morgan fingerprint density at radius 2 is 1.53 bits per heavy atom. The number of carbonyl (C=O) groups is 1. The lowest BCUT2D eigenvalue weighted by Gasteiger charge is -2.55. The predicted octanol–water partition coefficient (Wildman–Crippen LogP) is 4.59. The van der Waals surface area contributed by atoms with Crippen LogP contribution in [0.15, 0.2) is 29.1 Å². The summed E-state index contributed by atoms with van der Waals surface area (Å²) in [5.74, 6) is 1.30. The molecule has 2 aromatic rings. The molecule has 7 rings (SSSR count). The number of carboxylic acid groups (broad SMARTS) is 1. The number of carboxylic acids is 1. The van der Waals surface area contributed by atoms with Crippen molar-refractivity contribution in [3.63, 3.8) is 0 Å². The molecule has 0 radical (unpaired) electrons. The minimum atomic E-state index is -0.873. The summed E-state index contributed by atoms with van der Waals surface area (Å²) in [5, 5.41) is 9.62. The van der Waals surface area contributed by atoms with Gasteiger partial charge in [-0.2, -0.15) is 0 Å². The fraction of sp³-hybridized carbons (Fsp3) is 0.690. The number of aromatic nitrogens is 2. The summed E-state index contributed by atoms with van der Waals surface area (Å²) in [4.78, 5) is 35.0. The van der Waals surface area contributed by atoms with Gasteiger partial charge in [0.2, 0.25) is 0 Å². The second kappa shape index (κ2) is 8.86. The van der Waals surface area contributed by atoms with Crippen molar-refractivity contribution in [2.24, 2.45) is 11.8 Å². The van der Waals surface area contributed by atoms with E-state index >= 15 is 0 Å². The third-order valence-electron chi connectivity index (χ3n) is 10.2. The Hall–Kier alpha value is -2.41. The van der Waals surface area contributed by atoms with Crippen LogP contribution in [0.3, 0.4) is 0 Å². The standard InChI is InChI=1S/C29H38N4O3/c34-28-27(31-12-11-26(31)29(35)36)30-24-9-1-2-10-25(24)33(28)23-16-20-7-4-8-21(17-23)32(20)22-14-18-5-3-6-19(13-18)15-22/h1-2,9-10,18-23,26H,3-8,11-17H2,(H,35,36)/t18-,19+,20-,21+,22?,23?,26-/m1/s1. The van der Waals surface area contributed by atoms with Gasteiger partial charge in [-0.05, 0) is 75.3 Å². The van der Waals surface area contributed by atoms with Crippen LogP contribution in [0.2, 0.25) is 0 Å². The average Bonchev–Trinajstić information content (AvgIpc) is 2.82. The average molecular weight is 491 g/mol. The molecule has 36 heavy (non-hydrogen) atoms. The van der Waals surface area contributed by atoms with Crippen LogP contribution in [0.1, 0.15) is 83.1 Å². The molecule has 7 nitrogen and oxygen atoms in total. The van der Waals surface area contributed by atoms with Gasteiger partial charge in [0.15, 0.2) is 5.82 Å². The first kappa shape index (κ1) is 22.8. The van der Waals surface area contributed by atoms with Gasteiger partial charge in [0, 0.05) is 30.7 Å². The maximum atomic E-state index is 14.0. The Morgan fingerprint density at radius 1 is 0.833 bits per heavy atom. The third kappa shape index (κ3) is 3.68. The molecular formula is C29H38N4O3. The maximum absolute atomic E-state index is 14.0. The number of hydrogen-bond acceptors (Lipinski definition) is 5. The molecule has 2 saturated carbocycles. The van der Waals surface area contributed by atoms with Crippen molar-refractivity contribution in [1.29, 1.82) is 0 Å². The van der Waals surface area contributed by atoms with E-state index in [-0.39, 0.29) is 11.6 Å². The second-order valence-corrected chi connectivity index (χ2v) is 12.3. The summed E-state index contributed by atoms with van der Waals surface area (Å²) in [5.41, 5.74) is 1.57. The highest BCUT2D eigenvalue weighted by atomic mass is 16.4. The van der Waals surface area contributed by atoms with Gasteiger partial charge in [0.1, 0.15) is 6.04 Å². The van der Waals surface area contributed by atoms with E-state index in [0.29, 0.717) is 30.9 Å². The first-order chi connectivity index (χ1) is 17.6. The van der Waals surface area contributed by atoms with Crippen LogP contribution in [-0.2, 0) is 4.79 Å². The van der Waals surface area contributed by atoms with Gasteiger partial charge < -0.3 is 14.6 Å². The summed E-state index contributed by atoms with van der Waals surface area (Å²) in [7, 11) is 0. The fourth-order valence-electron chi connectivity index (χ4n) is 8.72. The van der Waals surface area contributed by atoms with Crippen LogP contribution >= 0.6 is 0 Å². The molecule has 4 heterocycles. The molecule has 0 amide bonds. The zero-order chi connectivity index (χ0) is 24.4. The number of benzene rings is 1. The minimum absolute atomic E-state index is 0.108. The number of hydrogen-bond donors (Lipinski definition) is 1.